The molecular weight excluding hydrogens is 1220 g/mol. The Hall–Kier alpha value is -1.94. The van der Waals surface area contributed by atoms with Crippen LogP contribution in [0.15, 0.2) is 0 Å². The highest BCUT2D eigenvalue weighted by atomic mass is 31.2. The Kier molecular flexibility index (Phi) is 62.2. The topological polar surface area (TPSA) is 237 Å². The van der Waals surface area contributed by atoms with Crippen LogP contribution in [0.2, 0.25) is 0 Å². The number of carbonyl (C=O) groups is 4. The maximum atomic E-state index is 13.1. The number of ether oxygens (including phenoxy) is 4. The van der Waals surface area contributed by atoms with Gasteiger partial charge in [0.2, 0.25) is 0 Å². The van der Waals surface area contributed by atoms with Crippen molar-refractivity contribution in [3.05, 3.63) is 0 Å². The Morgan fingerprint density at radius 1 is 0.301 bits per heavy atom. The van der Waals surface area contributed by atoms with Crippen molar-refractivity contribution in [1.29, 1.82) is 0 Å². The minimum absolute atomic E-state index is 0.103. The summed E-state index contributed by atoms with van der Waals surface area (Å²) >= 11 is 0. The molecule has 0 radical (unpaired) electrons. The molecule has 0 aromatic carbocycles. The molecule has 0 rings (SSSR count). The summed E-state index contributed by atoms with van der Waals surface area (Å²) in [5.74, 6) is 0.901. The van der Waals surface area contributed by atoms with Gasteiger partial charge in [-0.1, -0.05) is 319 Å². The van der Waals surface area contributed by atoms with Crippen LogP contribution in [0.4, 0.5) is 0 Å². The van der Waals surface area contributed by atoms with Crippen LogP contribution >= 0.6 is 15.6 Å². The molecule has 0 aromatic heterocycles. The van der Waals surface area contributed by atoms with Gasteiger partial charge in [-0.3, -0.25) is 37.3 Å². The molecular formula is C74H144O17P2. The largest absolute Gasteiger partial charge is 0.472 e. The lowest BCUT2D eigenvalue weighted by Gasteiger charge is -2.21. The number of phosphoric acid groups is 2. The van der Waals surface area contributed by atoms with Crippen molar-refractivity contribution in [2.24, 2.45) is 23.7 Å². The van der Waals surface area contributed by atoms with Gasteiger partial charge in [0, 0.05) is 25.7 Å². The van der Waals surface area contributed by atoms with E-state index in [-0.39, 0.29) is 25.7 Å². The normalized spacial score (nSPS) is 14.5. The summed E-state index contributed by atoms with van der Waals surface area (Å²) in [6.45, 7) is 14.1. The van der Waals surface area contributed by atoms with Gasteiger partial charge >= 0.3 is 39.5 Å². The van der Waals surface area contributed by atoms with E-state index in [1.165, 1.54) is 167 Å². The molecule has 19 heteroatoms. The summed E-state index contributed by atoms with van der Waals surface area (Å²) in [6.07, 6.45) is 47.2. The number of carbonyl (C=O) groups excluding carboxylic acids is 4. The van der Waals surface area contributed by atoms with Crippen LogP contribution < -0.4 is 0 Å². The molecule has 0 amide bonds. The highest BCUT2D eigenvalue weighted by Gasteiger charge is 2.30. The second-order valence-corrected chi connectivity index (χ2v) is 31.3. The van der Waals surface area contributed by atoms with E-state index in [0.717, 1.165) is 120 Å². The molecule has 0 aliphatic heterocycles. The van der Waals surface area contributed by atoms with E-state index in [0.29, 0.717) is 25.7 Å². The van der Waals surface area contributed by atoms with Crippen molar-refractivity contribution in [3.8, 4) is 0 Å². The van der Waals surface area contributed by atoms with Crippen LogP contribution in [-0.4, -0.2) is 96.7 Å². The standard InChI is InChI=1S/C74H144O17P2/c1-9-67(8)53-45-37-32-33-39-47-55-72(77)85-61-70(91-74(79)57-49-41-31-25-24-28-36-44-52-66(6)7)63-89-93(82,83)87-59-68(75)58-86-92(80,81)88-62-69(90-73(78)56-48-40-30-23-19-15-11-13-17-21-27-35-43-51-65(4)5)60-84-71(76)54-46-38-29-22-18-14-10-12-16-20-26-34-42-50-64(2)3/h64-70,75H,9-63H2,1-8H3,(H,80,81)(H,82,83)/t67?,68-,69-,70-/m1/s1. The predicted molar refractivity (Wildman–Crippen MR) is 377 cm³/mol. The van der Waals surface area contributed by atoms with Gasteiger partial charge in [0.1, 0.15) is 19.3 Å². The van der Waals surface area contributed by atoms with Gasteiger partial charge in [-0.2, -0.15) is 0 Å². The Morgan fingerprint density at radius 2 is 0.516 bits per heavy atom. The average Bonchev–Trinajstić information content (AvgIpc) is 2.15. The lowest BCUT2D eigenvalue weighted by molar-refractivity contribution is -0.161. The molecule has 0 aromatic rings. The Morgan fingerprint density at radius 3 is 0.763 bits per heavy atom. The molecule has 3 unspecified atom stereocenters. The number of hydrogen-bond acceptors (Lipinski definition) is 15. The summed E-state index contributed by atoms with van der Waals surface area (Å²) in [7, 11) is -9.91. The number of esters is 4. The smallest absolute Gasteiger partial charge is 0.462 e. The molecule has 0 heterocycles. The lowest BCUT2D eigenvalue weighted by Crippen LogP contribution is -2.30. The number of unbranched alkanes of at least 4 members (excludes halogenated alkanes) is 36. The SMILES string of the molecule is CCC(C)CCCCCCCCC(=O)OC[C@H](COP(=O)(O)OC[C@H](O)COP(=O)(O)OC[C@@H](COC(=O)CCCCCCCCCCCCCCCC(C)C)OC(=O)CCCCCCCCCCCCCCCC(C)C)OC(=O)CCCCCCCCCCC(C)C. The van der Waals surface area contributed by atoms with Crippen LogP contribution in [0, 0.1) is 23.7 Å². The Labute approximate surface area is 568 Å². The van der Waals surface area contributed by atoms with Gasteiger partial charge in [0.05, 0.1) is 26.4 Å². The van der Waals surface area contributed by atoms with Crippen molar-refractivity contribution < 1.29 is 80.2 Å². The summed E-state index contributed by atoms with van der Waals surface area (Å²) in [5.41, 5.74) is 0. The van der Waals surface area contributed by atoms with Crippen molar-refractivity contribution in [1.82, 2.24) is 0 Å². The van der Waals surface area contributed by atoms with E-state index < -0.39 is 97.5 Å². The van der Waals surface area contributed by atoms with Crippen LogP contribution in [-0.2, 0) is 65.4 Å². The molecule has 0 saturated heterocycles. The second-order valence-electron chi connectivity index (χ2n) is 28.4. The second kappa shape index (κ2) is 63.5. The van der Waals surface area contributed by atoms with E-state index in [4.69, 9.17) is 37.0 Å². The van der Waals surface area contributed by atoms with E-state index in [1.54, 1.807) is 0 Å². The monoisotopic (exact) mass is 1370 g/mol. The average molecular weight is 1370 g/mol. The van der Waals surface area contributed by atoms with Crippen molar-refractivity contribution >= 4 is 39.5 Å². The fourth-order valence-electron chi connectivity index (χ4n) is 11.2. The van der Waals surface area contributed by atoms with Crippen LogP contribution in [0.1, 0.15) is 370 Å². The predicted octanol–water partition coefficient (Wildman–Crippen LogP) is 21.3. The Balaban J connectivity index is 5.25. The minimum atomic E-state index is -4.96. The van der Waals surface area contributed by atoms with Gasteiger partial charge in [-0.05, 0) is 49.4 Å². The first-order chi connectivity index (χ1) is 44.6. The van der Waals surface area contributed by atoms with E-state index in [9.17, 15) is 43.2 Å². The van der Waals surface area contributed by atoms with Gasteiger partial charge < -0.3 is 33.8 Å². The maximum absolute atomic E-state index is 13.1. The molecule has 0 aliphatic rings. The van der Waals surface area contributed by atoms with Gasteiger partial charge in [0.25, 0.3) is 0 Å². The molecule has 3 N–H and O–H groups in total. The van der Waals surface area contributed by atoms with Gasteiger partial charge in [-0.15, -0.1) is 0 Å². The summed E-state index contributed by atoms with van der Waals surface area (Å²) in [5, 5.41) is 10.6. The summed E-state index contributed by atoms with van der Waals surface area (Å²) in [6, 6.07) is 0. The Bertz CT molecular complexity index is 1840. The van der Waals surface area contributed by atoms with Crippen molar-refractivity contribution in [2.45, 2.75) is 388 Å². The quantitative estimate of drug-likeness (QED) is 0.0222. The van der Waals surface area contributed by atoms with Gasteiger partial charge in [-0.25, -0.2) is 9.13 Å². The zero-order chi connectivity index (χ0) is 68.9. The maximum Gasteiger partial charge on any atom is 0.472 e. The van der Waals surface area contributed by atoms with Crippen LogP contribution in [0.25, 0.3) is 0 Å². The molecule has 552 valence electrons. The zero-order valence-corrected chi connectivity index (χ0v) is 62.7. The van der Waals surface area contributed by atoms with E-state index in [2.05, 4.69) is 55.4 Å². The molecule has 0 aliphatic carbocycles. The third-order valence-electron chi connectivity index (χ3n) is 17.4. The van der Waals surface area contributed by atoms with E-state index >= 15 is 0 Å². The molecule has 0 fully saturated rings. The number of aliphatic hydroxyl groups excluding tert-OH is 1. The number of phosphoric ester groups is 2. The van der Waals surface area contributed by atoms with Crippen molar-refractivity contribution in [2.75, 3.05) is 39.6 Å². The minimum Gasteiger partial charge on any atom is -0.462 e. The molecule has 6 atom stereocenters. The summed E-state index contributed by atoms with van der Waals surface area (Å²) < 4.78 is 68.4. The zero-order valence-electron chi connectivity index (χ0n) is 60.9. The third-order valence-corrected chi connectivity index (χ3v) is 19.3. The van der Waals surface area contributed by atoms with Crippen molar-refractivity contribution in [3.63, 3.8) is 0 Å². The molecule has 0 bridgehead atoms. The first kappa shape index (κ1) is 91.1. The number of aliphatic hydroxyl groups is 1. The molecule has 0 spiro atoms. The highest BCUT2D eigenvalue weighted by Crippen LogP contribution is 2.45. The summed E-state index contributed by atoms with van der Waals surface area (Å²) in [4.78, 5) is 72.7. The number of hydrogen-bond donors (Lipinski definition) is 3. The lowest BCUT2D eigenvalue weighted by atomic mass is 10.00. The molecule has 93 heavy (non-hydrogen) atoms. The fourth-order valence-corrected chi connectivity index (χ4v) is 12.7. The first-order valence-electron chi connectivity index (χ1n) is 38.2. The van der Waals surface area contributed by atoms with Gasteiger partial charge in [0.15, 0.2) is 12.2 Å². The number of rotatable bonds is 71. The fraction of sp³-hybridized carbons (Fsp3) is 0.946. The van der Waals surface area contributed by atoms with E-state index in [1.807, 2.05) is 0 Å². The molecule has 0 saturated carbocycles. The molecule has 17 nitrogen and oxygen atoms in total. The first-order valence-corrected chi connectivity index (χ1v) is 41.2. The highest BCUT2D eigenvalue weighted by molar-refractivity contribution is 7.47. The third kappa shape index (κ3) is 67.0. The van der Waals surface area contributed by atoms with Crippen LogP contribution in [0.5, 0.6) is 0 Å². The van der Waals surface area contributed by atoms with Crippen LogP contribution in [0.3, 0.4) is 0 Å².